The van der Waals surface area contributed by atoms with Gasteiger partial charge < -0.3 is 14.4 Å². The number of amides is 1. The second-order valence-corrected chi connectivity index (χ2v) is 6.96. The van der Waals surface area contributed by atoms with E-state index in [9.17, 15) is 9.59 Å². The second-order valence-electron chi connectivity index (χ2n) is 6.96. The smallest absolute Gasteiger partial charge is 0.293 e. The van der Waals surface area contributed by atoms with Crippen LogP contribution in [0.1, 0.15) is 32.6 Å². The highest BCUT2D eigenvalue weighted by Crippen LogP contribution is 2.18. The van der Waals surface area contributed by atoms with Crippen molar-refractivity contribution in [1.29, 1.82) is 0 Å². The van der Waals surface area contributed by atoms with Crippen LogP contribution in [0, 0.1) is 0 Å². The number of aryl methyl sites for hydroxylation is 1. The minimum atomic E-state index is -0.150. The fourth-order valence-electron chi connectivity index (χ4n) is 3.51. The molecule has 3 rings (SSSR count). The minimum absolute atomic E-state index is 0.131. The van der Waals surface area contributed by atoms with E-state index in [2.05, 4.69) is 11.9 Å². The van der Waals surface area contributed by atoms with Gasteiger partial charge in [0.15, 0.2) is 5.82 Å². The number of hydrogen-bond acceptors (Lipinski definition) is 4. The SMILES string of the molecule is CC1CCCCN1C(=O)CCn1c(=O)c(N(C)C)nc2ccccc21. The van der Waals surface area contributed by atoms with Crippen molar-refractivity contribution in [3.63, 3.8) is 0 Å². The first-order valence-corrected chi connectivity index (χ1v) is 8.95. The van der Waals surface area contributed by atoms with Crippen LogP contribution in [0.3, 0.4) is 0 Å². The van der Waals surface area contributed by atoms with Crippen molar-refractivity contribution in [3.8, 4) is 0 Å². The molecule has 6 heteroatoms. The van der Waals surface area contributed by atoms with E-state index in [1.165, 1.54) is 6.42 Å². The van der Waals surface area contributed by atoms with Gasteiger partial charge in [0.1, 0.15) is 0 Å². The van der Waals surface area contributed by atoms with Crippen molar-refractivity contribution in [2.45, 2.75) is 45.2 Å². The summed E-state index contributed by atoms with van der Waals surface area (Å²) in [6.45, 7) is 3.31. The zero-order valence-electron chi connectivity index (χ0n) is 15.2. The van der Waals surface area contributed by atoms with Gasteiger partial charge in [0.2, 0.25) is 5.91 Å². The predicted molar refractivity (Wildman–Crippen MR) is 100.0 cm³/mol. The first-order valence-electron chi connectivity index (χ1n) is 8.95. The van der Waals surface area contributed by atoms with Crippen molar-refractivity contribution in [1.82, 2.24) is 14.5 Å². The molecule has 0 radical (unpaired) electrons. The predicted octanol–water partition coefficient (Wildman–Crippen LogP) is 2.25. The maximum atomic E-state index is 12.8. The highest BCUT2D eigenvalue weighted by molar-refractivity contribution is 5.78. The average molecular weight is 342 g/mol. The van der Waals surface area contributed by atoms with Gasteiger partial charge in [-0.2, -0.15) is 0 Å². The van der Waals surface area contributed by atoms with E-state index in [1.54, 1.807) is 9.47 Å². The van der Waals surface area contributed by atoms with Crippen LogP contribution >= 0.6 is 0 Å². The molecule has 25 heavy (non-hydrogen) atoms. The Kier molecular flexibility index (Phi) is 5.06. The number of aromatic nitrogens is 2. The Morgan fingerprint density at radius 2 is 2.04 bits per heavy atom. The molecule has 1 fully saturated rings. The summed E-state index contributed by atoms with van der Waals surface area (Å²) in [6, 6.07) is 7.88. The Morgan fingerprint density at radius 3 is 2.76 bits per heavy atom. The number of fused-ring (bicyclic) bond motifs is 1. The number of carbonyl (C=O) groups excluding carboxylic acids is 1. The van der Waals surface area contributed by atoms with Crippen LogP contribution in [0.5, 0.6) is 0 Å². The van der Waals surface area contributed by atoms with E-state index in [0.29, 0.717) is 24.8 Å². The zero-order chi connectivity index (χ0) is 18.0. The minimum Gasteiger partial charge on any atom is -0.358 e. The lowest BCUT2D eigenvalue weighted by Crippen LogP contribution is -2.42. The zero-order valence-corrected chi connectivity index (χ0v) is 15.2. The van der Waals surface area contributed by atoms with E-state index in [1.807, 2.05) is 43.3 Å². The standard InChI is InChI=1S/C19H26N4O2/c1-14-8-6-7-12-22(14)17(24)11-13-23-16-10-5-4-9-15(16)20-18(19(23)25)21(2)3/h4-5,9-10,14H,6-8,11-13H2,1-3H3. The van der Waals surface area contributed by atoms with E-state index in [-0.39, 0.29) is 11.5 Å². The molecule has 0 N–H and O–H groups in total. The Balaban J connectivity index is 1.89. The number of anilines is 1. The van der Waals surface area contributed by atoms with Gasteiger partial charge in [-0.25, -0.2) is 4.98 Å². The summed E-state index contributed by atoms with van der Waals surface area (Å²) in [6.07, 6.45) is 3.66. The highest BCUT2D eigenvalue weighted by atomic mass is 16.2. The molecule has 6 nitrogen and oxygen atoms in total. The van der Waals surface area contributed by atoms with Crippen LogP contribution < -0.4 is 10.5 Å². The third-order valence-electron chi connectivity index (χ3n) is 4.93. The molecule has 0 saturated carbocycles. The molecule has 0 aliphatic carbocycles. The van der Waals surface area contributed by atoms with Crippen LogP contribution in [0.25, 0.3) is 11.0 Å². The molecule has 2 heterocycles. The molecule has 0 bridgehead atoms. The van der Waals surface area contributed by atoms with Gasteiger partial charge in [0.05, 0.1) is 11.0 Å². The van der Waals surface area contributed by atoms with Crippen molar-refractivity contribution >= 4 is 22.8 Å². The molecular formula is C19H26N4O2. The molecule has 2 aromatic rings. The fourth-order valence-corrected chi connectivity index (χ4v) is 3.51. The first kappa shape index (κ1) is 17.5. The van der Waals surface area contributed by atoms with Crippen molar-refractivity contribution in [2.24, 2.45) is 0 Å². The van der Waals surface area contributed by atoms with E-state index >= 15 is 0 Å². The number of nitrogens with zero attached hydrogens (tertiary/aromatic N) is 4. The van der Waals surface area contributed by atoms with E-state index in [4.69, 9.17) is 0 Å². The molecular weight excluding hydrogens is 316 g/mol. The number of benzene rings is 1. The maximum Gasteiger partial charge on any atom is 0.293 e. The van der Waals surface area contributed by atoms with Gasteiger partial charge in [0, 0.05) is 39.6 Å². The molecule has 1 aliphatic heterocycles. The summed E-state index contributed by atoms with van der Waals surface area (Å²) in [5.74, 6) is 0.531. The van der Waals surface area contributed by atoms with Crippen LogP contribution in [-0.4, -0.2) is 47.0 Å². The van der Waals surface area contributed by atoms with Crippen LogP contribution in [0.4, 0.5) is 5.82 Å². The molecule has 134 valence electrons. The summed E-state index contributed by atoms with van der Waals surface area (Å²) in [4.78, 5) is 33.6. The molecule has 1 unspecified atom stereocenters. The lowest BCUT2D eigenvalue weighted by Gasteiger charge is -2.33. The van der Waals surface area contributed by atoms with Crippen molar-refractivity contribution < 1.29 is 4.79 Å². The van der Waals surface area contributed by atoms with Gasteiger partial charge in [-0.05, 0) is 38.3 Å². The Bertz CT molecular complexity index is 828. The second kappa shape index (κ2) is 7.25. The summed E-state index contributed by atoms with van der Waals surface area (Å²) in [5.41, 5.74) is 1.39. The largest absolute Gasteiger partial charge is 0.358 e. The Morgan fingerprint density at radius 1 is 1.28 bits per heavy atom. The topological polar surface area (TPSA) is 58.4 Å². The molecule has 1 saturated heterocycles. The first-order chi connectivity index (χ1) is 12.0. The highest BCUT2D eigenvalue weighted by Gasteiger charge is 2.23. The maximum absolute atomic E-state index is 12.8. The summed E-state index contributed by atoms with van der Waals surface area (Å²) < 4.78 is 1.68. The van der Waals surface area contributed by atoms with Crippen LogP contribution in [0.15, 0.2) is 29.1 Å². The monoisotopic (exact) mass is 342 g/mol. The van der Waals surface area contributed by atoms with Gasteiger partial charge in [0.25, 0.3) is 5.56 Å². The van der Waals surface area contributed by atoms with E-state index in [0.717, 1.165) is 30.4 Å². The fraction of sp³-hybridized carbons (Fsp3) is 0.526. The summed E-state index contributed by atoms with van der Waals surface area (Å²) in [7, 11) is 3.62. The molecule has 1 aromatic heterocycles. The Labute approximate surface area is 148 Å². The van der Waals surface area contributed by atoms with Crippen molar-refractivity contribution in [2.75, 3.05) is 25.5 Å². The third kappa shape index (κ3) is 3.52. The number of rotatable bonds is 4. The van der Waals surface area contributed by atoms with Crippen LogP contribution in [-0.2, 0) is 11.3 Å². The molecule has 0 spiro atoms. The van der Waals surface area contributed by atoms with Gasteiger partial charge in [-0.1, -0.05) is 12.1 Å². The molecule has 1 aromatic carbocycles. The van der Waals surface area contributed by atoms with Crippen LogP contribution in [0.2, 0.25) is 0 Å². The number of likely N-dealkylation sites (tertiary alicyclic amines) is 1. The molecule has 1 aliphatic rings. The number of piperidine rings is 1. The van der Waals surface area contributed by atoms with Gasteiger partial charge in [-0.3, -0.25) is 9.59 Å². The Hall–Kier alpha value is -2.37. The molecule has 1 atom stereocenters. The van der Waals surface area contributed by atoms with Gasteiger partial charge >= 0.3 is 0 Å². The quantitative estimate of drug-likeness (QED) is 0.855. The van der Waals surface area contributed by atoms with E-state index < -0.39 is 0 Å². The molecule has 1 amide bonds. The summed E-state index contributed by atoms with van der Waals surface area (Å²) >= 11 is 0. The number of hydrogen-bond donors (Lipinski definition) is 0. The third-order valence-corrected chi connectivity index (χ3v) is 4.93. The lowest BCUT2D eigenvalue weighted by molar-refractivity contribution is -0.134. The lowest BCUT2D eigenvalue weighted by atomic mass is 10.0. The average Bonchev–Trinajstić information content (AvgIpc) is 2.60. The number of carbonyl (C=O) groups is 1. The summed E-state index contributed by atoms with van der Waals surface area (Å²) in [5, 5.41) is 0. The van der Waals surface area contributed by atoms with Crippen molar-refractivity contribution in [3.05, 3.63) is 34.6 Å². The van der Waals surface area contributed by atoms with Gasteiger partial charge in [-0.15, -0.1) is 0 Å². The normalized spacial score (nSPS) is 17.7. The number of para-hydroxylation sites is 2.